The number of carbonyl (C=O) groups is 2. The molecule has 3 aromatic heterocycles. The number of aromatic carboxylic acids is 1. The maximum Gasteiger partial charge on any atom is 0.341 e. The van der Waals surface area contributed by atoms with E-state index in [0.29, 0.717) is 32.0 Å². The summed E-state index contributed by atoms with van der Waals surface area (Å²) < 4.78 is 9.11. The molecule has 0 atom stereocenters. The van der Waals surface area contributed by atoms with Gasteiger partial charge in [-0.05, 0) is 56.6 Å². The van der Waals surface area contributed by atoms with Crippen molar-refractivity contribution in [2.75, 3.05) is 18.1 Å². The summed E-state index contributed by atoms with van der Waals surface area (Å²) in [7, 11) is 0. The number of rotatable bonds is 6. The molecule has 38 heavy (non-hydrogen) atoms. The number of anilines is 1. The van der Waals surface area contributed by atoms with Gasteiger partial charge < -0.3 is 9.84 Å². The summed E-state index contributed by atoms with van der Waals surface area (Å²) in [6, 6.07) is 7.57. The summed E-state index contributed by atoms with van der Waals surface area (Å²) in [6.07, 6.45) is 10.5. The van der Waals surface area contributed by atoms with Gasteiger partial charge in [-0.1, -0.05) is 19.1 Å². The Labute approximate surface area is 224 Å². The summed E-state index contributed by atoms with van der Waals surface area (Å²) in [4.78, 5) is 33.6. The summed E-state index contributed by atoms with van der Waals surface area (Å²) in [5.74, 6) is -0.364. The van der Waals surface area contributed by atoms with E-state index in [2.05, 4.69) is 11.9 Å². The molecule has 1 aliphatic heterocycles. The van der Waals surface area contributed by atoms with Crippen LogP contribution < -0.4 is 4.90 Å². The highest BCUT2D eigenvalue weighted by Crippen LogP contribution is 2.34. The van der Waals surface area contributed by atoms with E-state index < -0.39 is 5.97 Å². The monoisotopic (exact) mass is 533 g/mol. The first kappa shape index (κ1) is 24.8. The van der Waals surface area contributed by atoms with Crippen LogP contribution in [0, 0.1) is 11.8 Å². The van der Waals surface area contributed by atoms with Crippen molar-refractivity contribution in [3.63, 3.8) is 0 Å². The zero-order chi connectivity index (χ0) is 26.2. The van der Waals surface area contributed by atoms with Crippen molar-refractivity contribution < 1.29 is 19.4 Å². The molecule has 1 amide bonds. The predicted molar refractivity (Wildman–Crippen MR) is 145 cm³/mol. The van der Waals surface area contributed by atoms with Crippen LogP contribution in [0.3, 0.4) is 0 Å². The van der Waals surface area contributed by atoms with E-state index >= 15 is 0 Å². The molecule has 1 saturated carbocycles. The number of benzene rings is 1. The fraction of sp³-hybridized carbons (Fsp3) is 0.429. The molecule has 1 saturated heterocycles. The molecule has 1 aliphatic carbocycles. The standard InChI is InChI=1S/C28H31N5O4S/c1-18-2-4-20(5-3-18)26(34)33(22-10-13-37-14-11-22)25-23(27(35)36)16-32(30-25)21-8-6-19(7-9-21)24-17-31-12-15-38-28(31)29-24/h6-9,12,15-18,20,22H,2-5,10-11,13-14H2,1H3,(H,35,36)/t18-,20-. The molecule has 6 rings (SSSR count). The average molecular weight is 534 g/mol. The number of carboxylic acids is 1. The molecule has 1 aromatic carbocycles. The molecule has 2 aliphatic rings. The Bertz CT molecular complexity index is 1410. The topological polar surface area (TPSA) is 102 Å². The number of carbonyl (C=O) groups excluding carboxylic acids is 1. The highest BCUT2D eigenvalue weighted by Gasteiger charge is 2.37. The molecule has 198 valence electrons. The number of aromatic nitrogens is 4. The smallest absolute Gasteiger partial charge is 0.341 e. The second-order valence-corrected chi connectivity index (χ2v) is 11.3. The Morgan fingerprint density at radius 3 is 2.47 bits per heavy atom. The Kier molecular flexibility index (Phi) is 6.75. The van der Waals surface area contributed by atoms with Gasteiger partial charge in [-0.15, -0.1) is 16.4 Å². The van der Waals surface area contributed by atoms with Gasteiger partial charge in [0.2, 0.25) is 5.91 Å². The Balaban J connectivity index is 1.34. The van der Waals surface area contributed by atoms with Crippen LogP contribution in [-0.2, 0) is 9.53 Å². The van der Waals surface area contributed by atoms with Crippen LogP contribution in [0.15, 0.2) is 48.2 Å². The molecule has 4 heterocycles. The van der Waals surface area contributed by atoms with E-state index in [4.69, 9.17) is 9.84 Å². The van der Waals surface area contributed by atoms with E-state index in [0.717, 1.165) is 47.6 Å². The van der Waals surface area contributed by atoms with Gasteiger partial charge in [0.1, 0.15) is 5.56 Å². The van der Waals surface area contributed by atoms with E-state index in [-0.39, 0.29) is 29.2 Å². The van der Waals surface area contributed by atoms with E-state index in [1.807, 2.05) is 46.4 Å². The van der Waals surface area contributed by atoms with Crippen molar-refractivity contribution in [3.05, 3.63) is 53.8 Å². The van der Waals surface area contributed by atoms with Crippen molar-refractivity contribution in [1.82, 2.24) is 19.2 Å². The molecule has 4 aromatic rings. The molecular formula is C28H31N5O4S. The van der Waals surface area contributed by atoms with Crippen LogP contribution in [0.25, 0.3) is 21.9 Å². The fourth-order valence-electron chi connectivity index (χ4n) is 5.58. The van der Waals surface area contributed by atoms with Crippen LogP contribution in [0.1, 0.15) is 55.8 Å². The van der Waals surface area contributed by atoms with Crippen molar-refractivity contribution >= 4 is 34.0 Å². The lowest BCUT2D eigenvalue weighted by Crippen LogP contribution is -2.47. The van der Waals surface area contributed by atoms with Crippen LogP contribution in [-0.4, -0.2) is 55.4 Å². The predicted octanol–water partition coefficient (Wildman–Crippen LogP) is 5.29. The fourth-order valence-corrected chi connectivity index (χ4v) is 6.28. The van der Waals surface area contributed by atoms with Gasteiger partial charge in [0.15, 0.2) is 10.8 Å². The lowest BCUT2D eigenvalue weighted by Gasteiger charge is -2.37. The van der Waals surface area contributed by atoms with Gasteiger partial charge in [-0.25, -0.2) is 14.5 Å². The van der Waals surface area contributed by atoms with Crippen LogP contribution in [0.4, 0.5) is 5.82 Å². The van der Waals surface area contributed by atoms with Gasteiger partial charge >= 0.3 is 5.97 Å². The van der Waals surface area contributed by atoms with Gasteiger partial charge in [-0.3, -0.25) is 14.1 Å². The SMILES string of the molecule is C[C@H]1CC[C@H](C(=O)N(c2nn(-c3ccc(-c4cn5ccsc5n4)cc3)cc2C(=O)O)C2CCOCC2)CC1. The van der Waals surface area contributed by atoms with Gasteiger partial charge in [0.25, 0.3) is 0 Å². The minimum atomic E-state index is -1.09. The number of thiazole rings is 1. The van der Waals surface area contributed by atoms with Crippen molar-refractivity contribution in [3.8, 4) is 16.9 Å². The number of hydrogen-bond acceptors (Lipinski definition) is 6. The summed E-state index contributed by atoms with van der Waals surface area (Å²) >= 11 is 1.58. The van der Waals surface area contributed by atoms with Crippen LogP contribution in [0.5, 0.6) is 0 Å². The molecule has 0 radical (unpaired) electrons. The van der Waals surface area contributed by atoms with Crippen molar-refractivity contribution in [1.29, 1.82) is 0 Å². The number of ether oxygens (including phenoxy) is 1. The number of amides is 1. The van der Waals surface area contributed by atoms with Gasteiger partial charge in [-0.2, -0.15) is 0 Å². The third-order valence-electron chi connectivity index (χ3n) is 7.83. The first-order chi connectivity index (χ1) is 18.5. The molecule has 9 nitrogen and oxygen atoms in total. The van der Waals surface area contributed by atoms with Crippen LogP contribution >= 0.6 is 11.3 Å². The van der Waals surface area contributed by atoms with Crippen LogP contribution in [0.2, 0.25) is 0 Å². The second kappa shape index (κ2) is 10.3. The third-order valence-corrected chi connectivity index (χ3v) is 8.60. The Morgan fingerprint density at radius 1 is 1.05 bits per heavy atom. The van der Waals surface area contributed by atoms with Gasteiger partial charge in [0.05, 0.1) is 11.4 Å². The number of imidazole rings is 1. The summed E-state index contributed by atoms with van der Waals surface area (Å²) in [5.41, 5.74) is 2.58. The summed E-state index contributed by atoms with van der Waals surface area (Å²) in [5, 5.41) is 16.8. The van der Waals surface area contributed by atoms with Crippen molar-refractivity contribution in [2.45, 2.75) is 51.5 Å². The zero-order valence-corrected chi connectivity index (χ0v) is 22.1. The highest BCUT2D eigenvalue weighted by molar-refractivity contribution is 7.15. The quantitative estimate of drug-likeness (QED) is 0.362. The molecule has 1 N–H and O–H groups in total. The average Bonchev–Trinajstić information content (AvgIpc) is 3.66. The normalized spacial score (nSPS) is 20.6. The lowest BCUT2D eigenvalue weighted by molar-refractivity contribution is -0.124. The van der Waals surface area contributed by atoms with Crippen molar-refractivity contribution in [2.24, 2.45) is 11.8 Å². The first-order valence-electron chi connectivity index (χ1n) is 13.2. The maximum atomic E-state index is 13.9. The maximum absolute atomic E-state index is 13.9. The highest BCUT2D eigenvalue weighted by atomic mass is 32.1. The molecule has 0 bridgehead atoms. The number of fused-ring (bicyclic) bond motifs is 1. The number of hydrogen-bond donors (Lipinski definition) is 1. The van der Waals surface area contributed by atoms with Gasteiger partial charge in [0, 0.05) is 54.7 Å². The number of nitrogens with zero attached hydrogens (tertiary/aromatic N) is 5. The molecule has 0 unspecified atom stereocenters. The number of carboxylic acid groups (broad SMARTS) is 1. The summed E-state index contributed by atoms with van der Waals surface area (Å²) in [6.45, 7) is 3.32. The van der Waals surface area contributed by atoms with E-state index in [1.54, 1.807) is 20.9 Å². The second-order valence-electron chi connectivity index (χ2n) is 10.4. The largest absolute Gasteiger partial charge is 0.477 e. The molecule has 10 heteroatoms. The minimum Gasteiger partial charge on any atom is -0.477 e. The minimum absolute atomic E-state index is 0.00773. The lowest BCUT2D eigenvalue weighted by atomic mass is 9.82. The molecule has 2 fully saturated rings. The Morgan fingerprint density at radius 2 is 1.79 bits per heavy atom. The Hall–Kier alpha value is -3.50. The molecule has 0 spiro atoms. The third kappa shape index (κ3) is 4.74. The zero-order valence-electron chi connectivity index (χ0n) is 21.3. The molecular weight excluding hydrogens is 502 g/mol. The van der Waals surface area contributed by atoms with E-state index in [1.165, 1.54) is 6.20 Å². The van der Waals surface area contributed by atoms with E-state index in [9.17, 15) is 14.7 Å². The first-order valence-corrected chi connectivity index (χ1v) is 14.1.